The fourth-order valence-electron chi connectivity index (χ4n) is 1.97. The van der Waals surface area contributed by atoms with Crippen molar-refractivity contribution in [2.75, 3.05) is 19.0 Å². The number of carbonyl (C=O) groups excluding carboxylic acids is 1. The number of urea groups is 1. The number of anilines is 1. The first-order chi connectivity index (χ1) is 11.1. The van der Waals surface area contributed by atoms with Crippen LogP contribution in [0.4, 0.5) is 10.6 Å². The maximum absolute atomic E-state index is 11.4. The number of amides is 2. The summed E-state index contributed by atoms with van der Waals surface area (Å²) in [5, 5.41) is 14.1. The van der Waals surface area contributed by atoms with Crippen molar-refractivity contribution in [3.8, 4) is 11.5 Å². The Hall–Kier alpha value is -2.67. The zero-order valence-corrected chi connectivity index (χ0v) is 13.2. The minimum absolute atomic E-state index is 0.0870. The molecule has 0 radical (unpaired) electrons. The highest BCUT2D eigenvalue weighted by molar-refractivity contribution is 5.88. The lowest BCUT2D eigenvalue weighted by Gasteiger charge is -2.13. The van der Waals surface area contributed by atoms with E-state index in [1.807, 2.05) is 13.0 Å². The van der Waals surface area contributed by atoms with Gasteiger partial charge >= 0.3 is 6.03 Å². The molecule has 0 aliphatic carbocycles. The van der Waals surface area contributed by atoms with E-state index < -0.39 is 0 Å². The predicted octanol–water partition coefficient (Wildman–Crippen LogP) is 2.25. The number of hydrogen-bond donors (Lipinski definition) is 3. The van der Waals surface area contributed by atoms with E-state index in [0.717, 1.165) is 11.1 Å². The van der Waals surface area contributed by atoms with Crippen LogP contribution >= 0.6 is 0 Å². The summed E-state index contributed by atoms with van der Waals surface area (Å²) in [5.41, 5.74) is 1.83. The van der Waals surface area contributed by atoms with Gasteiger partial charge in [0.2, 0.25) is 0 Å². The summed E-state index contributed by atoms with van der Waals surface area (Å²) in [6, 6.07) is 3.17. The molecule has 0 fully saturated rings. The van der Waals surface area contributed by atoms with Crippen molar-refractivity contribution in [1.29, 1.82) is 0 Å². The van der Waals surface area contributed by atoms with Gasteiger partial charge in [-0.25, -0.2) is 9.78 Å². The summed E-state index contributed by atoms with van der Waals surface area (Å²) < 4.78 is 5.89. The molecular weight excluding hydrogens is 296 g/mol. The van der Waals surface area contributed by atoms with E-state index in [9.17, 15) is 4.79 Å². The topological polar surface area (TPSA) is 96.4 Å². The van der Waals surface area contributed by atoms with Crippen LogP contribution in [0.3, 0.4) is 0 Å². The first-order valence-corrected chi connectivity index (χ1v) is 7.30. The zero-order valence-electron chi connectivity index (χ0n) is 13.2. The standard InChI is InChI=1S/C16H20N4O3/c1-11-6-13(10-18-8-11)23-14-7-15(20-16(22)17-2)19-9-12(14)4-3-5-21/h6-10,21H,3-5H2,1-2H3,(H2,17,19,20,22). The maximum atomic E-state index is 11.4. The summed E-state index contributed by atoms with van der Waals surface area (Å²) in [5.74, 6) is 1.56. The van der Waals surface area contributed by atoms with Gasteiger partial charge in [0.25, 0.3) is 0 Å². The Balaban J connectivity index is 2.27. The summed E-state index contributed by atoms with van der Waals surface area (Å²) in [6.45, 7) is 2.02. The van der Waals surface area contributed by atoms with E-state index in [4.69, 9.17) is 9.84 Å². The van der Waals surface area contributed by atoms with Gasteiger partial charge in [-0.1, -0.05) is 0 Å². The number of nitrogens with one attached hydrogen (secondary N) is 2. The number of nitrogens with zero attached hydrogens (tertiary/aromatic N) is 2. The van der Waals surface area contributed by atoms with Gasteiger partial charge in [0.1, 0.15) is 17.3 Å². The van der Waals surface area contributed by atoms with E-state index in [1.54, 1.807) is 24.7 Å². The Morgan fingerprint density at radius 3 is 2.83 bits per heavy atom. The van der Waals surface area contributed by atoms with Crippen LogP contribution in [0.15, 0.2) is 30.7 Å². The number of carbonyl (C=O) groups is 1. The van der Waals surface area contributed by atoms with Crippen LogP contribution in [0, 0.1) is 6.92 Å². The highest BCUT2D eigenvalue weighted by atomic mass is 16.5. The average Bonchev–Trinajstić information content (AvgIpc) is 2.54. The molecule has 7 nitrogen and oxygen atoms in total. The Labute approximate surface area is 134 Å². The first-order valence-electron chi connectivity index (χ1n) is 7.30. The van der Waals surface area contributed by atoms with Gasteiger partial charge in [-0.05, 0) is 31.4 Å². The van der Waals surface area contributed by atoms with E-state index in [-0.39, 0.29) is 12.6 Å². The molecule has 0 saturated carbocycles. The molecule has 7 heteroatoms. The highest BCUT2D eigenvalue weighted by Crippen LogP contribution is 2.28. The van der Waals surface area contributed by atoms with Crippen LogP contribution in [-0.4, -0.2) is 34.8 Å². The Morgan fingerprint density at radius 1 is 1.30 bits per heavy atom. The maximum Gasteiger partial charge on any atom is 0.320 e. The summed E-state index contributed by atoms with van der Waals surface area (Å²) in [7, 11) is 1.53. The van der Waals surface area contributed by atoms with Crippen molar-refractivity contribution in [3.63, 3.8) is 0 Å². The number of aromatic nitrogens is 2. The smallest absolute Gasteiger partial charge is 0.320 e. The SMILES string of the molecule is CNC(=O)Nc1cc(Oc2cncc(C)c2)c(CCCO)cn1. The fourth-order valence-corrected chi connectivity index (χ4v) is 1.97. The normalized spacial score (nSPS) is 10.2. The first kappa shape index (κ1) is 16.7. The van der Waals surface area contributed by atoms with Crippen LogP contribution < -0.4 is 15.4 Å². The number of hydrogen-bond acceptors (Lipinski definition) is 5. The molecule has 0 aliphatic rings. The molecule has 0 aliphatic heterocycles. The summed E-state index contributed by atoms with van der Waals surface area (Å²) in [4.78, 5) is 19.7. The van der Waals surface area contributed by atoms with E-state index in [2.05, 4.69) is 20.6 Å². The second kappa shape index (κ2) is 8.09. The van der Waals surface area contributed by atoms with Crippen molar-refractivity contribution in [2.45, 2.75) is 19.8 Å². The van der Waals surface area contributed by atoms with Gasteiger partial charge in [0.05, 0.1) is 6.20 Å². The lowest BCUT2D eigenvalue weighted by molar-refractivity contribution is 0.254. The molecule has 2 rings (SSSR count). The van der Waals surface area contributed by atoms with E-state index in [0.29, 0.717) is 30.2 Å². The quantitative estimate of drug-likeness (QED) is 0.759. The molecule has 0 atom stereocenters. The molecule has 2 heterocycles. The minimum atomic E-state index is -0.358. The molecular formula is C16H20N4O3. The summed E-state index contributed by atoms with van der Waals surface area (Å²) in [6.07, 6.45) is 6.23. The monoisotopic (exact) mass is 316 g/mol. The van der Waals surface area contributed by atoms with Crippen molar-refractivity contribution >= 4 is 11.8 Å². The zero-order chi connectivity index (χ0) is 16.7. The molecule has 2 amide bonds. The second-order valence-corrected chi connectivity index (χ2v) is 5.01. The van der Waals surface area contributed by atoms with Gasteiger partial charge in [-0.15, -0.1) is 0 Å². The van der Waals surface area contributed by atoms with Crippen LogP contribution in [-0.2, 0) is 6.42 Å². The van der Waals surface area contributed by atoms with Gasteiger partial charge in [-0.3, -0.25) is 10.3 Å². The summed E-state index contributed by atoms with van der Waals surface area (Å²) >= 11 is 0. The molecule has 0 unspecified atom stereocenters. The third-order valence-electron chi connectivity index (χ3n) is 3.09. The van der Waals surface area contributed by atoms with Crippen molar-refractivity contribution in [3.05, 3.63) is 41.9 Å². The number of aryl methyl sites for hydroxylation is 2. The molecule has 0 spiro atoms. The van der Waals surface area contributed by atoms with Gasteiger partial charge in [0, 0.05) is 37.7 Å². The average molecular weight is 316 g/mol. The van der Waals surface area contributed by atoms with Crippen LogP contribution in [0.1, 0.15) is 17.5 Å². The van der Waals surface area contributed by atoms with Crippen molar-refractivity contribution in [1.82, 2.24) is 15.3 Å². The van der Waals surface area contributed by atoms with Gasteiger partial charge in [0.15, 0.2) is 0 Å². The predicted molar refractivity (Wildman–Crippen MR) is 86.8 cm³/mol. The molecule has 2 aromatic rings. The molecule has 122 valence electrons. The molecule has 2 aromatic heterocycles. The van der Waals surface area contributed by atoms with Gasteiger partial charge in [-0.2, -0.15) is 0 Å². The molecule has 0 saturated heterocycles. The molecule has 23 heavy (non-hydrogen) atoms. The second-order valence-electron chi connectivity index (χ2n) is 5.01. The lowest BCUT2D eigenvalue weighted by Crippen LogP contribution is -2.25. The lowest BCUT2D eigenvalue weighted by atomic mass is 10.1. The number of aliphatic hydroxyl groups excluding tert-OH is 1. The number of aliphatic hydroxyl groups is 1. The van der Waals surface area contributed by atoms with E-state index in [1.165, 1.54) is 7.05 Å². The number of pyridine rings is 2. The molecule has 3 N–H and O–H groups in total. The Bertz CT molecular complexity index is 676. The highest BCUT2D eigenvalue weighted by Gasteiger charge is 2.10. The van der Waals surface area contributed by atoms with Crippen LogP contribution in [0.5, 0.6) is 11.5 Å². The number of rotatable bonds is 6. The van der Waals surface area contributed by atoms with Crippen LogP contribution in [0.25, 0.3) is 0 Å². The molecule has 0 bridgehead atoms. The van der Waals surface area contributed by atoms with Crippen molar-refractivity contribution < 1.29 is 14.6 Å². The van der Waals surface area contributed by atoms with E-state index >= 15 is 0 Å². The van der Waals surface area contributed by atoms with Gasteiger partial charge < -0.3 is 15.2 Å². The van der Waals surface area contributed by atoms with Crippen LogP contribution in [0.2, 0.25) is 0 Å². The van der Waals surface area contributed by atoms with Crippen molar-refractivity contribution in [2.24, 2.45) is 0 Å². The Kier molecular flexibility index (Phi) is 5.87. The fraction of sp³-hybridized carbons (Fsp3) is 0.312. The third kappa shape index (κ3) is 4.93. The minimum Gasteiger partial charge on any atom is -0.455 e. The largest absolute Gasteiger partial charge is 0.455 e. The molecule has 0 aromatic carbocycles. The Morgan fingerprint density at radius 2 is 2.13 bits per heavy atom. The number of ether oxygens (including phenoxy) is 1. The third-order valence-corrected chi connectivity index (χ3v) is 3.09.